The van der Waals surface area contributed by atoms with Crippen LogP contribution in [-0.2, 0) is 24.3 Å². The zero-order valence-electron chi connectivity index (χ0n) is 10.4. The monoisotopic (exact) mass is 267 g/mol. The van der Waals surface area contributed by atoms with E-state index in [0.29, 0.717) is 6.54 Å². The number of aromatic nitrogens is 3. The van der Waals surface area contributed by atoms with Gasteiger partial charge < -0.3 is 9.47 Å². The molecule has 1 unspecified atom stereocenters. The fourth-order valence-corrected chi connectivity index (χ4v) is 3.37. The molecule has 0 aliphatic carbocycles. The fourth-order valence-electron chi connectivity index (χ4n) is 2.44. The molecule has 0 radical (unpaired) electrons. The Bertz CT molecular complexity index is 454. The lowest BCUT2D eigenvalue weighted by atomic mass is 10.3. The summed E-state index contributed by atoms with van der Waals surface area (Å²) in [5, 5.41) is 11.5. The van der Waals surface area contributed by atoms with E-state index in [1.165, 1.54) is 0 Å². The third-order valence-electron chi connectivity index (χ3n) is 3.46. The molecule has 3 rings (SSSR count). The first-order chi connectivity index (χ1) is 8.75. The van der Waals surface area contributed by atoms with Crippen molar-refractivity contribution >= 4 is 17.7 Å². The van der Waals surface area contributed by atoms with Crippen LogP contribution in [0, 0.1) is 0 Å². The number of hydrogen-bond acceptors (Lipinski definition) is 5. The molecule has 0 spiro atoms. The Morgan fingerprint density at radius 3 is 3.28 bits per heavy atom. The molecule has 1 fully saturated rings. The molecule has 1 saturated heterocycles. The highest BCUT2D eigenvalue weighted by molar-refractivity contribution is 7.99. The van der Waals surface area contributed by atoms with Gasteiger partial charge >= 0.3 is 0 Å². The minimum Gasteiger partial charge on any atom is -0.337 e. The highest BCUT2D eigenvalue weighted by Gasteiger charge is 2.27. The number of rotatable bonds is 3. The maximum Gasteiger partial charge on any atom is 0.240 e. The summed E-state index contributed by atoms with van der Waals surface area (Å²) in [5.74, 6) is 3.84. The van der Waals surface area contributed by atoms with E-state index in [0.717, 1.165) is 42.7 Å². The molecule has 1 aromatic heterocycles. The third kappa shape index (κ3) is 2.12. The van der Waals surface area contributed by atoms with E-state index in [-0.39, 0.29) is 11.9 Å². The first kappa shape index (κ1) is 12.0. The molecule has 0 aromatic carbocycles. The van der Waals surface area contributed by atoms with Gasteiger partial charge in [0, 0.05) is 31.6 Å². The molecule has 3 heterocycles. The Morgan fingerprint density at radius 2 is 2.50 bits per heavy atom. The van der Waals surface area contributed by atoms with Gasteiger partial charge in [-0.3, -0.25) is 10.1 Å². The molecule has 18 heavy (non-hydrogen) atoms. The molecule has 1 aromatic rings. The minimum absolute atomic E-state index is 0.0408. The van der Waals surface area contributed by atoms with Crippen LogP contribution in [0.4, 0.5) is 0 Å². The summed E-state index contributed by atoms with van der Waals surface area (Å²) in [4.78, 5) is 13.9. The lowest BCUT2D eigenvalue weighted by Gasteiger charge is -2.20. The smallest absolute Gasteiger partial charge is 0.240 e. The molecule has 0 saturated carbocycles. The number of carbonyl (C=O) groups is 1. The van der Waals surface area contributed by atoms with Crippen LogP contribution in [-0.4, -0.2) is 50.3 Å². The van der Waals surface area contributed by atoms with Crippen molar-refractivity contribution in [3.05, 3.63) is 11.6 Å². The highest BCUT2D eigenvalue weighted by atomic mass is 32.2. The number of nitrogens with one attached hydrogen (secondary N) is 1. The summed E-state index contributed by atoms with van der Waals surface area (Å²) < 4.78 is 2.14. The lowest BCUT2D eigenvalue weighted by Crippen LogP contribution is -2.43. The van der Waals surface area contributed by atoms with Gasteiger partial charge in [-0.05, 0) is 6.42 Å². The van der Waals surface area contributed by atoms with Crippen LogP contribution in [0.5, 0.6) is 0 Å². The van der Waals surface area contributed by atoms with Crippen LogP contribution >= 0.6 is 11.8 Å². The zero-order chi connectivity index (χ0) is 12.5. The number of nitrogens with zero attached hydrogens (tertiary/aromatic N) is 4. The highest BCUT2D eigenvalue weighted by Crippen LogP contribution is 2.16. The molecule has 6 nitrogen and oxygen atoms in total. The Kier molecular flexibility index (Phi) is 3.25. The van der Waals surface area contributed by atoms with E-state index in [1.54, 1.807) is 16.7 Å². The van der Waals surface area contributed by atoms with Crippen molar-refractivity contribution < 1.29 is 4.79 Å². The number of likely N-dealkylation sites (N-methyl/N-ethyl adjacent to an activating group) is 1. The number of amides is 1. The molecule has 98 valence electrons. The molecule has 7 heteroatoms. The number of thioether (sulfide) groups is 1. The van der Waals surface area contributed by atoms with Crippen molar-refractivity contribution in [1.82, 2.24) is 25.0 Å². The summed E-state index contributed by atoms with van der Waals surface area (Å²) in [5.41, 5.74) is 0. The number of aryl methyl sites for hydroxylation is 1. The number of hydrogen-bond donors (Lipinski definition) is 1. The second kappa shape index (κ2) is 4.89. The van der Waals surface area contributed by atoms with Crippen molar-refractivity contribution in [2.45, 2.75) is 32.0 Å². The third-order valence-corrected chi connectivity index (χ3v) is 4.40. The van der Waals surface area contributed by atoms with Gasteiger partial charge in [-0.1, -0.05) is 0 Å². The fraction of sp³-hybridized carbons (Fsp3) is 0.727. The van der Waals surface area contributed by atoms with Gasteiger partial charge in [-0.2, -0.15) is 0 Å². The summed E-state index contributed by atoms with van der Waals surface area (Å²) in [7, 11) is 1.84. The lowest BCUT2D eigenvalue weighted by molar-refractivity contribution is -0.132. The maximum absolute atomic E-state index is 12.2. The summed E-state index contributed by atoms with van der Waals surface area (Å²) in [6.45, 7) is 1.53. The molecule has 1 amide bonds. The molecular formula is C11H17N5OS. The van der Waals surface area contributed by atoms with Crippen molar-refractivity contribution in [3.8, 4) is 0 Å². The molecular weight excluding hydrogens is 250 g/mol. The molecule has 1 atom stereocenters. The van der Waals surface area contributed by atoms with E-state index in [2.05, 4.69) is 20.1 Å². The quantitative estimate of drug-likeness (QED) is 0.825. The van der Waals surface area contributed by atoms with Crippen LogP contribution in [0.2, 0.25) is 0 Å². The van der Waals surface area contributed by atoms with Crippen LogP contribution < -0.4 is 5.32 Å². The molecule has 1 N–H and O–H groups in total. The zero-order valence-corrected chi connectivity index (χ0v) is 11.2. The molecule has 0 bridgehead atoms. The topological polar surface area (TPSA) is 63.1 Å². The second-order valence-electron chi connectivity index (χ2n) is 4.75. The van der Waals surface area contributed by atoms with Crippen molar-refractivity contribution in [3.63, 3.8) is 0 Å². The van der Waals surface area contributed by atoms with Gasteiger partial charge in [0.25, 0.3) is 0 Å². The average Bonchev–Trinajstić information content (AvgIpc) is 3.06. The standard InChI is InChI=1S/C11H17N5OS/c1-15(11(17)8-6-18-7-12-8)5-10-14-13-9-3-2-4-16(9)10/h8,12H,2-7H2,1H3. The summed E-state index contributed by atoms with van der Waals surface area (Å²) in [6.07, 6.45) is 2.14. The molecule has 2 aliphatic heterocycles. The maximum atomic E-state index is 12.2. The van der Waals surface area contributed by atoms with Crippen molar-refractivity contribution in [2.24, 2.45) is 0 Å². The SMILES string of the molecule is CN(Cc1nnc2n1CCC2)C(=O)C1CSCN1. The van der Waals surface area contributed by atoms with Gasteiger partial charge in [0.15, 0.2) is 5.82 Å². The Morgan fingerprint density at radius 1 is 1.61 bits per heavy atom. The van der Waals surface area contributed by atoms with Crippen molar-refractivity contribution in [1.29, 1.82) is 0 Å². The number of fused-ring (bicyclic) bond motifs is 1. The average molecular weight is 267 g/mol. The van der Waals surface area contributed by atoms with E-state index >= 15 is 0 Å². The van der Waals surface area contributed by atoms with E-state index in [4.69, 9.17) is 0 Å². The van der Waals surface area contributed by atoms with Crippen LogP contribution in [0.3, 0.4) is 0 Å². The van der Waals surface area contributed by atoms with Crippen molar-refractivity contribution in [2.75, 3.05) is 18.7 Å². The predicted octanol–water partition coefficient (Wildman–Crippen LogP) is -0.155. The van der Waals surface area contributed by atoms with Crippen LogP contribution in [0.15, 0.2) is 0 Å². The first-order valence-electron chi connectivity index (χ1n) is 6.23. The van der Waals surface area contributed by atoms with Crippen LogP contribution in [0.25, 0.3) is 0 Å². The minimum atomic E-state index is -0.0408. The van der Waals surface area contributed by atoms with Gasteiger partial charge in [-0.25, -0.2) is 0 Å². The van der Waals surface area contributed by atoms with E-state index < -0.39 is 0 Å². The largest absolute Gasteiger partial charge is 0.337 e. The van der Waals surface area contributed by atoms with Gasteiger partial charge in [0.1, 0.15) is 5.82 Å². The Balaban J connectivity index is 1.66. The number of carbonyl (C=O) groups excluding carboxylic acids is 1. The second-order valence-corrected chi connectivity index (χ2v) is 5.78. The van der Waals surface area contributed by atoms with Gasteiger partial charge in [-0.15, -0.1) is 22.0 Å². The normalized spacial score (nSPS) is 22.2. The Hall–Kier alpha value is -1.08. The summed E-state index contributed by atoms with van der Waals surface area (Å²) in [6, 6.07) is -0.0408. The Labute approximate surface area is 110 Å². The van der Waals surface area contributed by atoms with Gasteiger partial charge in [0.2, 0.25) is 5.91 Å². The van der Waals surface area contributed by atoms with E-state index in [1.807, 2.05) is 7.05 Å². The van der Waals surface area contributed by atoms with Gasteiger partial charge in [0.05, 0.1) is 12.6 Å². The first-order valence-corrected chi connectivity index (χ1v) is 7.38. The predicted molar refractivity (Wildman–Crippen MR) is 69.1 cm³/mol. The summed E-state index contributed by atoms with van der Waals surface area (Å²) >= 11 is 1.76. The van der Waals surface area contributed by atoms with E-state index in [9.17, 15) is 4.79 Å². The van der Waals surface area contributed by atoms with Crippen LogP contribution in [0.1, 0.15) is 18.1 Å². The molecule has 2 aliphatic rings.